The van der Waals surface area contributed by atoms with Gasteiger partial charge in [0, 0.05) is 42.2 Å². The summed E-state index contributed by atoms with van der Waals surface area (Å²) in [6.45, 7) is 4.25. The van der Waals surface area contributed by atoms with Crippen LogP contribution >= 0.6 is 0 Å². The summed E-state index contributed by atoms with van der Waals surface area (Å²) < 4.78 is 8.12. The number of carbonyl (C=O) groups excluding carboxylic acids is 2. The first-order valence-corrected chi connectivity index (χ1v) is 11.2. The summed E-state index contributed by atoms with van der Waals surface area (Å²) in [6.07, 6.45) is 7.49. The summed E-state index contributed by atoms with van der Waals surface area (Å²) >= 11 is 0. The highest BCUT2D eigenvalue weighted by Crippen LogP contribution is 2.40. The molecule has 5 rings (SSSR count). The molecule has 1 N–H and O–H groups in total. The Balaban J connectivity index is 1.32. The number of hydrogen-bond acceptors (Lipinski definition) is 4. The number of hydrogen-bond donors (Lipinski definition) is 1. The van der Waals surface area contributed by atoms with Gasteiger partial charge in [-0.05, 0) is 37.3 Å². The largest absolute Gasteiger partial charge is 0.368 e. The number of aromatic amines is 1. The van der Waals surface area contributed by atoms with Gasteiger partial charge in [0.15, 0.2) is 5.78 Å². The number of Topliss-reactive ketones (excluding diaryl/α,β-unsaturated/α-hetero) is 1. The van der Waals surface area contributed by atoms with Crippen molar-refractivity contribution >= 4 is 22.6 Å². The van der Waals surface area contributed by atoms with Crippen LogP contribution in [0.5, 0.6) is 0 Å². The second kappa shape index (κ2) is 7.96. The van der Waals surface area contributed by atoms with Crippen molar-refractivity contribution in [1.29, 1.82) is 0 Å². The first kappa shape index (κ1) is 20.0. The molecule has 3 aromatic rings. The Kier molecular flexibility index (Phi) is 5.14. The van der Waals surface area contributed by atoms with Crippen LogP contribution in [0.4, 0.5) is 0 Å². The fraction of sp³-hybridized carbons (Fsp3) is 0.458. The number of benzene rings is 1. The fourth-order valence-electron chi connectivity index (χ4n) is 5.04. The van der Waals surface area contributed by atoms with E-state index in [4.69, 9.17) is 4.74 Å². The number of H-pyrrole nitrogens is 1. The van der Waals surface area contributed by atoms with Gasteiger partial charge in [0.25, 0.3) is 0 Å². The number of nitrogens with one attached hydrogen (secondary N) is 1. The zero-order valence-corrected chi connectivity index (χ0v) is 17.9. The molecule has 1 saturated heterocycles. The highest BCUT2D eigenvalue weighted by molar-refractivity contribution is 6.08. The summed E-state index contributed by atoms with van der Waals surface area (Å²) in [5.41, 5.74) is 3.61. The van der Waals surface area contributed by atoms with E-state index in [0.717, 1.165) is 42.3 Å². The molecular weight excluding hydrogens is 392 g/mol. The first-order valence-electron chi connectivity index (χ1n) is 11.2. The molecule has 2 aliphatic rings. The van der Waals surface area contributed by atoms with Crippen LogP contribution in [0.2, 0.25) is 0 Å². The van der Waals surface area contributed by atoms with Gasteiger partial charge in [-0.1, -0.05) is 25.1 Å². The normalized spacial score (nSPS) is 17.8. The van der Waals surface area contributed by atoms with Crippen molar-refractivity contribution in [2.24, 2.45) is 0 Å². The summed E-state index contributed by atoms with van der Waals surface area (Å²) in [5.74, 6) is 0.209. The molecule has 1 amide bonds. The second-order valence-corrected chi connectivity index (χ2v) is 8.60. The van der Waals surface area contributed by atoms with Crippen LogP contribution in [0.1, 0.15) is 54.2 Å². The topological polar surface area (TPSA) is 80.2 Å². The Morgan fingerprint density at radius 2 is 2.03 bits per heavy atom. The maximum Gasteiger partial charge on any atom is 0.242 e. The minimum absolute atomic E-state index is 0.0748. The number of piperidine rings is 1. The lowest BCUT2D eigenvalue weighted by atomic mass is 9.84. The molecule has 7 nitrogen and oxygen atoms in total. The van der Waals surface area contributed by atoms with Crippen LogP contribution in [-0.2, 0) is 28.1 Å². The Hall–Kier alpha value is -2.93. The summed E-state index contributed by atoms with van der Waals surface area (Å²) in [5, 5.41) is 8.26. The van der Waals surface area contributed by atoms with E-state index in [1.54, 1.807) is 0 Å². The standard InChI is InChI=1S/C24H28N4O3/c1-2-5-21(29)19-15-28(20-7-4-3-6-18(19)20)16-22(30)27-11-9-24(10-12-27)23-17(8-13-31-24)14-25-26-23/h3-4,6-7,14-15H,2,5,8-13,16H2,1H3,(H,25,26). The van der Waals surface area contributed by atoms with Crippen LogP contribution in [-0.4, -0.2) is 51.1 Å². The quantitative estimate of drug-likeness (QED) is 0.641. The maximum atomic E-state index is 13.1. The molecule has 162 valence electrons. The molecule has 1 fully saturated rings. The summed E-state index contributed by atoms with van der Waals surface area (Å²) in [6, 6.07) is 7.83. The number of ketones is 1. The van der Waals surface area contributed by atoms with E-state index >= 15 is 0 Å². The van der Waals surface area contributed by atoms with Crippen molar-refractivity contribution in [2.45, 2.75) is 51.2 Å². The lowest BCUT2D eigenvalue weighted by Gasteiger charge is -2.43. The number of ether oxygens (including phenoxy) is 1. The van der Waals surface area contributed by atoms with Crippen LogP contribution in [0.15, 0.2) is 36.7 Å². The third-order valence-electron chi connectivity index (χ3n) is 6.72. The average Bonchev–Trinajstić information content (AvgIpc) is 3.41. The Labute approximate surface area is 181 Å². The second-order valence-electron chi connectivity index (χ2n) is 8.60. The van der Waals surface area contributed by atoms with E-state index < -0.39 is 0 Å². The molecule has 0 bridgehead atoms. The van der Waals surface area contributed by atoms with E-state index in [1.807, 2.05) is 53.0 Å². The fourth-order valence-corrected chi connectivity index (χ4v) is 5.04. The number of rotatable bonds is 5. The van der Waals surface area contributed by atoms with Crippen molar-refractivity contribution in [3.63, 3.8) is 0 Å². The molecule has 0 unspecified atom stereocenters. The van der Waals surface area contributed by atoms with E-state index in [9.17, 15) is 9.59 Å². The van der Waals surface area contributed by atoms with Gasteiger partial charge in [-0.2, -0.15) is 5.10 Å². The number of aromatic nitrogens is 3. The molecular formula is C24H28N4O3. The van der Waals surface area contributed by atoms with Gasteiger partial charge >= 0.3 is 0 Å². The molecule has 0 atom stereocenters. The van der Waals surface area contributed by atoms with Gasteiger partial charge in [0.2, 0.25) is 5.91 Å². The Bertz CT molecular complexity index is 1120. The number of para-hydroxylation sites is 1. The zero-order valence-electron chi connectivity index (χ0n) is 17.9. The van der Waals surface area contributed by atoms with Crippen molar-refractivity contribution in [3.8, 4) is 0 Å². The first-order chi connectivity index (χ1) is 15.1. The van der Waals surface area contributed by atoms with Gasteiger partial charge in [-0.25, -0.2) is 0 Å². The number of likely N-dealkylation sites (tertiary alicyclic amines) is 1. The molecule has 2 aliphatic heterocycles. The van der Waals surface area contributed by atoms with Crippen LogP contribution in [0, 0.1) is 0 Å². The molecule has 1 aromatic carbocycles. The van der Waals surface area contributed by atoms with Gasteiger partial charge in [-0.15, -0.1) is 0 Å². The SMILES string of the molecule is CCCC(=O)c1cn(CC(=O)N2CCC3(CC2)OCCc2cn[nH]c23)c2ccccc12. The minimum atomic E-state index is -0.346. The van der Waals surface area contributed by atoms with Crippen molar-refractivity contribution < 1.29 is 14.3 Å². The smallest absolute Gasteiger partial charge is 0.242 e. The zero-order chi connectivity index (χ0) is 21.4. The third kappa shape index (κ3) is 3.47. The number of amides is 1. The van der Waals surface area contributed by atoms with Crippen molar-refractivity contribution in [3.05, 3.63) is 53.5 Å². The molecule has 2 aromatic heterocycles. The van der Waals surface area contributed by atoms with Crippen LogP contribution < -0.4 is 0 Å². The molecule has 1 spiro atoms. The van der Waals surface area contributed by atoms with Gasteiger partial charge < -0.3 is 14.2 Å². The van der Waals surface area contributed by atoms with Gasteiger partial charge in [-0.3, -0.25) is 14.7 Å². The molecule has 0 saturated carbocycles. The van der Waals surface area contributed by atoms with E-state index in [0.29, 0.717) is 31.7 Å². The maximum absolute atomic E-state index is 13.1. The highest BCUT2D eigenvalue weighted by Gasteiger charge is 2.43. The van der Waals surface area contributed by atoms with E-state index in [2.05, 4.69) is 10.2 Å². The monoisotopic (exact) mass is 420 g/mol. The number of nitrogens with zero attached hydrogens (tertiary/aromatic N) is 3. The molecule has 7 heteroatoms. The van der Waals surface area contributed by atoms with Crippen LogP contribution in [0.25, 0.3) is 10.9 Å². The van der Waals surface area contributed by atoms with Crippen molar-refractivity contribution in [2.75, 3.05) is 19.7 Å². The Morgan fingerprint density at radius 1 is 1.23 bits per heavy atom. The predicted octanol–water partition coefficient (Wildman–Crippen LogP) is 3.44. The lowest BCUT2D eigenvalue weighted by Crippen LogP contribution is -2.49. The highest BCUT2D eigenvalue weighted by atomic mass is 16.5. The minimum Gasteiger partial charge on any atom is -0.368 e. The molecule has 0 aliphatic carbocycles. The van der Waals surface area contributed by atoms with E-state index in [1.165, 1.54) is 5.56 Å². The van der Waals surface area contributed by atoms with Crippen molar-refractivity contribution in [1.82, 2.24) is 19.7 Å². The number of carbonyl (C=O) groups is 2. The molecule has 31 heavy (non-hydrogen) atoms. The van der Waals surface area contributed by atoms with Crippen LogP contribution in [0.3, 0.4) is 0 Å². The average molecular weight is 421 g/mol. The molecule has 4 heterocycles. The Morgan fingerprint density at radius 3 is 2.84 bits per heavy atom. The lowest BCUT2D eigenvalue weighted by molar-refractivity contribution is -0.141. The van der Waals surface area contributed by atoms with E-state index in [-0.39, 0.29) is 23.8 Å². The summed E-state index contributed by atoms with van der Waals surface area (Å²) in [4.78, 5) is 27.6. The summed E-state index contributed by atoms with van der Waals surface area (Å²) in [7, 11) is 0. The number of fused-ring (bicyclic) bond motifs is 3. The van der Waals surface area contributed by atoms with Gasteiger partial charge in [0.1, 0.15) is 12.1 Å². The molecule has 0 radical (unpaired) electrons. The third-order valence-corrected chi connectivity index (χ3v) is 6.72. The predicted molar refractivity (Wildman–Crippen MR) is 117 cm³/mol. The van der Waals surface area contributed by atoms with Gasteiger partial charge in [0.05, 0.1) is 18.5 Å².